The van der Waals surface area contributed by atoms with E-state index in [1.807, 2.05) is 10.8 Å². The summed E-state index contributed by atoms with van der Waals surface area (Å²) >= 11 is 0. The molecule has 9 nitrogen and oxygen atoms in total. The number of benzene rings is 1. The molecular weight excluding hydrogens is 468 g/mol. The average molecular weight is 507 g/mol. The number of aliphatic hydroxyl groups is 1. The van der Waals surface area contributed by atoms with Crippen molar-refractivity contribution in [1.29, 1.82) is 0 Å². The molecule has 1 aliphatic carbocycles. The zero-order chi connectivity index (χ0) is 25.4. The molecule has 0 radical (unpaired) electrons. The Balaban J connectivity index is 1.38. The number of nitrogens with one attached hydrogen (secondary N) is 1. The molecule has 4 heterocycles. The van der Waals surface area contributed by atoms with Gasteiger partial charge in [-0.15, -0.1) is 0 Å². The van der Waals surface area contributed by atoms with Crippen LogP contribution < -0.4 is 15.8 Å². The molecule has 0 unspecified atom stereocenters. The third kappa shape index (κ3) is 4.80. The van der Waals surface area contributed by atoms with Gasteiger partial charge in [-0.1, -0.05) is 19.4 Å². The summed E-state index contributed by atoms with van der Waals surface area (Å²) in [5.41, 5.74) is 1.80. The summed E-state index contributed by atoms with van der Waals surface area (Å²) in [5, 5.41) is 16.0. The molecule has 9 heteroatoms. The van der Waals surface area contributed by atoms with E-state index in [4.69, 9.17) is 9.72 Å². The number of nitrogens with zero attached hydrogens (tertiary/aromatic N) is 5. The molecule has 2 aliphatic heterocycles. The Morgan fingerprint density at radius 3 is 2.51 bits per heavy atom. The zero-order valence-corrected chi connectivity index (χ0v) is 21.7. The Hall–Kier alpha value is -2.75. The summed E-state index contributed by atoms with van der Waals surface area (Å²) in [7, 11) is 0. The van der Waals surface area contributed by atoms with Crippen LogP contribution in [0.5, 0.6) is 0 Å². The van der Waals surface area contributed by atoms with Crippen molar-refractivity contribution in [2.45, 2.75) is 63.6 Å². The fourth-order valence-electron chi connectivity index (χ4n) is 6.01. The van der Waals surface area contributed by atoms with Gasteiger partial charge in [-0.3, -0.25) is 14.3 Å². The van der Waals surface area contributed by atoms with Gasteiger partial charge in [-0.05, 0) is 49.6 Å². The van der Waals surface area contributed by atoms with Crippen LogP contribution in [-0.4, -0.2) is 82.6 Å². The van der Waals surface area contributed by atoms with Crippen molar-refractivity contribution in [1.82, 2.24) is 19.4 Å². The molecule has 0 atom stereocenters. The van der Waals surface area contributed by atoms with E-state index in [1.54, 1.807) is 0 Å². The maximum absolute atomic E-state index is 14.1. The van der Waals surface area contributed by atoms with Crippen LogP contribution in [-0.2, 0) is 4.74 Å². The highest BCUT2D eigenvalue weighted by Gasteiger charge is 2.29. The Bertz CT molecular complexity index is 1310. The van der Waals surface area contributed by atoms with E-state index in [2.05, 4.69) is 45.2 Å². The maximum atomic E-state index is 14.1. The van der Waals surface area contributed by atoms with Crippen molar-refractivity contribution in [3.05, 3.63) is 34.7 Å². The molecule has 2 saturated heterocycles. The molecule has 2 N–H and O–H groups in total. The molecule has 1 aromatic carbocycles. The molecule has 0 bridgehead atoms. The molecule has 2 aromatic heterocycles. The van der Waals surface area contributed by atoms with Gasteiger partial charge >= 0.3 is 0 Å². The quantitative estimate of drug-likeness (QED) is 0.373. The van der Waals surface area contributed by atoms with Crippen molar-refractivity contribution in [3.8, 4) is 0 Å². The van der Waals surface area contributed by atoms with Crippen LogP contribution in [0.15, 0.2) is 29.2 Å². The fraction of sp³-hybridized carbons (Fsp3) is 0.607. The van der Waals surface area contributed by atoms with Crippen LogP contribution >= 0.6 is 0 Å². The van der Waals surface area contributed by atoms with E-state index in [-0.39, 0.29) is 17.7 Å². The Morgan fingerprint density at radius 2 is 1.81 bits per heavy atom. The minimum Gasteiger partial charge on any atom is -0.393 e. The van der Waals surface area contributed by atoms with Crippen molar-refractivity contribution in [2.75, 3.05) is 56.2 Å². The van der Waals surface area contributed by atoms with Gasteiger partial charge in [0.1, 0.15) is 5.65 Å². The molecule has 1 saturated carbocycles. The molecule has 198 valence electrons. The van der Waals surface area contributed by atoms with Gasteiger partial charge in [0.2, 0.25) is 5.95 Å². The minimum atomic E-state index is -0.281. The second kappa shape index (κ2) is 10.6. The molecule has 6 rings (SSSR count). The summed E-state index contributed by atoms with van der Waals surface area (Å²) in [5.74, 6) is 0.565. The predicted molar refractivity (Wildman–Crippen MR) is 147 cm³/mol. The summed E-state index contributed by atoms with van der Waals surface area (Å²) in [6, 6.07) is 6.87. The van der Waals surface area contributed by atoms with E-state index in [0.29, 0.717) is 30.5 Å². The highest BCUT2D eigenvalue weighted by Crippen LogP contribution is 2.33. The number of ether oxygens (including phenoxy) is 1. The van der Waals surface area contributed by atoms with Crippen molar-refractivity contribution < 1.29 is 9.84 Å². The summed E-state index contributed by atoms with van der Waals surface area (Å²) < 4.78 is 7.27. The number of rotatable bonds is 7. The SMILES string of the molecule is CCCCNc1ncc2c3ccc(N4CCN(C5COC5)CC4)cc3c(=O)n(C3CCC(O)CC3)c2n1. The van der Waals surface area contributed by atoms with Gasteiger partial charge in [0.25, 0.3) is 5.56 Å². The number of aliphatic hydroxyl groups excluding tert-OH is 1. The van der Waals surface area contributed by atoms with Gasteiger partial charge in [0, 0.05) is 56.0 Å². The number of fused-ring (bicyclic) bond motifs is 3. The first-order valence-electron chi connectivity index (χ1n) is 14.0. The summed E-state index contributed by atoms with van der Waals surface area (Å²) in [4.78, 5) is 28.5. The van der Waals surface area contributed by atoms with E-state index in [9.17, 15) is 9.90 Å². The van der Waals surface area contributed by atoms with Crippen LogP contribution in [0, 0.1) is 0 Å². The normalized spacial score (nSPS) is 23.5. The van der Waals surface area contributed by atoms with Gasteiger partial charge in [-0.2, -0.15) is 4.98 Å². The molecular formula is C28H38N6O3. The lowest BCUT2D eigenvalue weighted by atomic mass is 9.92. The van der Waals surface area contributed by atoms with Crippen LogP contribution in [0.4, 0.5) is 11.6 Å². The van der Waals surface area contributed by atoms with Crippen LogP contribution in [0.3, 0.4) is 0 Å². The van der Waals surface area contributed by atoms with E-state index in [1.165, 1.54) is 0 Å². The lowest BCUT2D eigenvalue weighted by molar-refractivity contribution is -0.0660. The Morgan fingerprint density at radius 1 is 1.03 bits per heavy atom. The number of pyridine rings is 1. The van der Waals surface area contributed by atoms with E-state index in [0.717, 1.165) is 93.5 Å². The molecule has 0 spiro atoms. The molecule has 3 fully saturated rings. The van der Waals surface area contributed by atoms with Crippen molar-refractivity contribution >= 4 is 33.4 Å². The van der Waals surface area contributed by atoms with Gasteiger partial charge in [0.15, 0.2) is 0 Å². The first kappa shape index (κ1) is 24.6. The zero-order valence-electron chi connectivity index (χ0n) is 21.7. The number of unbranched alkanes of at least 4 members (excludes halogenated alkanes) is 1. The highest BCUT2D eigenvalue weighted by molar-refractivity contribution is 6.05. The third-order valence-corrected chi connectivity index (χ3v) is 8.40. The lowest BCUT2D eigenvalue weighted by Gasteiger charge is -2.43. The third-order valence-electron chi connectivity index (χ3n) is 8.40. The van der Waals surface area contributed by atoms with Crippen LogP contribution in [0.25, 0.3) is 21.8 Å². The first-order chi connectivity index (χ1) is 18.1. The second-order valence-corrected chi connectivity index (χ2v) is 10.8. The van der Waals surface area contributed by atoms with Gasteiger partial charge in [0.05, 0.1) is 30.7 Å². The molecule has 3 aromatic rings. The van der Waals surface area contributed by atoms with E-state index >= 15 is 0 Å². The second-order valence-electron chi connectivity index (χ2n) is 10.8. The topological polar surface area (TPSA) is 95.8 Å². The lowest BCUT2D eigenvalue weighted by Crippen LogP contribution is -2.56. The van der Waals surface area contributed by atoms with Gasteiger partial charge < -0.3 is 20.1 Å². The van der Waals surface area contributed by atoms with E-state index < -0.39 is 0 Å². The van der Waals surface area contributed by atoms with Crippen molar-refractivity contribution in [3.63, 3.8) is 0 Å². The van der Waals surface area contributed by atoms with Gasteiger partial charge in [-0.25, -0.2) is 4.98 Å². The first-order valence-corrected chi connectivity index (χ1v) is 14.0. The average Bonchev–Trinajstić information content (AvgIpc) is 2.89. The number of hydrogen-bond donors (Lipinski definition) is 2. The minimum absolute atomic E-state index is 0.00852. The highest BCUT2D eigenvalue weighted by atomic mass is 16.5. The smallest absolute Gasteiger partial charge is 0.260 e. The fourth-order valence-corrected chi connectivity index (χ4v) is 6.01. The number of aromatic nitrogens is 3. The Labute approximate surface area is 217 Å². The predicted octanol–water partition coefficient (Wildman–Crippen LogP) is 3.15. The van der Waals surface area contributed by atoms with Crippen LogP contribution in [0.1, 0.15) is 51.5 Å². The summed E-state index contributed by atoms with van der Waals surface area (Å²) in [6.07, 6.45) is 6.68. The maximum Gasteiger partial charge on any atom is 0.260 e. The van der Waals surface area contributed by atoms with Crippen molar-refractivity contribution in [2.24, 2.45) is 0 Å². The Kier molecular flexibility index (Phi) is 7.01. The monoisotopic (exact) mass is 506 g/mol. The van der Waals surface area contributed by atoms with Crippen LogP contribution in [0.2, 0.25) is 0 Å². The standard InChI is InChI=1S/C28H38N6O3/c1-2-3-10-29-28-30-16-25-23-9-6-20(32-11-13-33(14-12-32)21-17-37-18-21)15-24(23)27(36)34(26(25)31-28)19-4-7-22(35)8-5-19/h6,9,15-16,19,21-22,35H,2-5,7-8,10-14,17-18H2,1H3,(H,29,30,31). The molecule has 0 amide bonds. The number of anilines is 2. The molecule has 3 aliphatic rings. The number of piperazine rings is 1. The molecule has 37 heavy (non-hydrogen) atoms. The number of hydrogen-bond acceptors (Lipinski definition) is 8. The largest absolute Gasteiger partial charge is 0.393 e. The summed E-state index contributed by atoms with van der Waals surface area (Å²) in [6.45, 7) is 8.57.